The molecule has 3 aromatic rings. The van der Waals surface area contributed by atoms with Crippen molar-refractivity contribution in [3.05, 3.63) is 40.4 Å². The topological polar surface area (TPSA) is 95.7 Å². The number of rotatable bonds is 8. The second-order valence-corrected chi connectivity index (χ2v) is 8.30. The Morgan fingerprint density at radius 1 is 1.06 bits per heavy atom. The molecule has 31 heavy (non-hydrogen) atoms. The molecule has 0 spiro atoms. The summed E-state index contributed by atoms with van der Waals surface area (Å²) in [6.45, 7) is 1.72. The Morgan fingerprint density at radius 3 is 2.32 bits per heavy atom. The van der Waals surface area contributed by atoms with Gasteiger partial charge in [-0.25, -0.2) is 0 Å². The van der Waals surface area contributed by atoms with E-state index in [0.29, 0.717) is 38.5 Å². The minimum absolute atomic E-state index is 0.230. The smallest absolute Gasteiger partial charge is 0.277 e. The predicted octanol–water partition coefficient (Wildman–Crippen LogP) is 5.19. The summed E-state index contributed by atoms with van der Waals surface area (Å²) in [6.07, 6.45) is 0. The molecule has 0 aliphatic rings. The number of benzene rings is 2. The van der Waals surface area contributed by atoms with Crippen LogP contribution < -0.4 is 19.5 Å². The number of carbonyl (C=O) groups is 1. The zero-order valence-electron chi connectivity index (χ0n) is 17.1. The second-order valence-electron chi connectivity index (χ2n) is 6.16. The number of thioether (sulfide) groups is 1. The maximum Gasteiger partial charge on any atom is 0.277 e. The van der Waals surface area contributed by atoms with Crippen LogP contribution in [0.5, 0.6) is 17.2 Å². The van der Waals surface area contributed by atoms with E-state index in [1.165, 1.54) is 21.3 Å². The summed E-state index contributed by atoms with van der Waals surface area (Å²) in [5.41, 5.74) is 1.05. The van der Waals surface area contributed by atoms with Crippen LogP contribution >= 0.6 is 35.0 Å². The molecule has 1 N–H and O–H groups in total. The number of hydrogen-bond donors (Lipinski definition) is 1. The summed E-state index contributed by atoms with van der Waals surface area (Å²) in [4.78, 5) is 12.5. The van der Waals surface area contributed by atoms with Crippen molar-refractivity contribution in [2.75, 3.05) is 26.6 Å². The van der Waals surface area contributed by atoms with E-state index < -0.39 is 5.25 Å². The van der Waals surface area contributed by atoms with Crippen LogP contribution in [0.25, 0.3) is 11.5 Å². The number of nitrogens with zero attached hydrogens (tertiary/aromatic N) is 2. The molecule has 8 nitrogen and oxygen atoms in total. The van der Waals surface area contributed by atoms with Crippen LogP contribution in [0.2, 0.25) is 10.0 Å². The Morgan fingerprint density at radius 2 is 1.74 bits per heavy atom. The lowest BCUT2D eigenvalue weighted by molar-refractivity contribution is -0.115. The first-order valence-corrected chi connectivity index (χ1v) is 10.6. The standard InChI is InChI=1S/C20H19Cl2N3O5S/c1-10(18(26)23-14-6-5-12(21)9-13(14)22)31-20-25-24-19(30-20)11-7-15(27-2)17(29-4)16(8-11)28-3/h5-10H,1-4H3,(H,23,26). The molecule has 0 fully saturated rings. The average molecular weight is 484 g/mol. The lowest BCUT2D eigenvalue weighted by Crippen LogP contribution is -2.22. The maximum atomic E-state index is 12.5. The highest BCUT2D eigenvalue weighted by atomic mass is 35.5. The van der Waals surface area contributed by atoms with Crippen molar-refractivity contribution in [1.29, 1.82) is 0 Å². The lowest BCUT2D eigenvalue weighted by Gasteiger charge is -2.12. The van der Waals surface area contributed by atoms with Crippen LogP contribution in [0.15, 0.2) is 40.0 Å². The second kappa shape index (κ2) is 10.1. The van der Waals surface area contributed by atoms with E-state index >= 15 is 0 Å². The van der Waals surface area contributed by atoms with Crippen LogP contribution in [0, 0.1) is 0 Å². The molecule has 1 heterocycles. The third-order valence-electron chi connectivity index (χ3n) is 4.15. The van der Waals surface area contributed by atoms with Gasteiger partial charge in [-0.3, -0.25) is 4.79 Å². The molecule has 0 saturated heterocycles. The van der Waals surface area contributed by atoms with Crippen molar-refractivity contribution in [1.82, 2.24) is 10.2 Å². The quantitative estimate of drug-likeness (QED) is 0.437. The molecule has 11 heteroatoms. The molecule has 1 aromatic heterocycles. The number of ether oxygens (including phenoxy) is 3. The van der Waals surface area contributed by atoms with Crippen molar-refractivity contribution in [2.24, 2.45) is 0 Å². The van der Waals surface area contributed by atoms with Crippen molar-refractivity contribution in [3.8, 4) is 28.7 Å². The van der Waals surface area contributed by atoms with Crippen molar-refractivity contribution in [3.63, 3.8) is 0 Å². The molecular weight excluding hydrogens is 465 g/mol. The van der Waals surface area contributed by atoms with E-state index in [2.05, 4.69) is 15.5 Å². The Labute approximate surface area is 193 Å². The van der Waals surface area contributed by atoms with E-state index in [-0.39, 0.29) is 17.0 Å². The summed E-state index contributed by atoms with van der Waals surface area (Å²) in [7, 11) is 4.55. The fraction of sp³-hybridized carbons (Fsp3) is 0.250. The fourth-order valence-electron chi connectivity index (χ4n) is 2.61. The number of halogens is 2. The molecule has 0 bridgehead atoms. The van der Waals surface area contributed by atoms with E-state index in [1.54, 1.807) is 37.3 Å². The molecule has 0 saturated carbocycles. The third-order valence-corrected chi connectivity index (χ3v) is 5.64. The van der Waals surface area contributed by atoms with Crippen molar-refractivity contribution < 1.29 is 23.4 Å². The number of hydrogen-bond acceptors (Lipinski definition) is 8. The first-order valence-electron chi connectivity index (χ1n) is 8.92. The lowest BCUT2D eigenvalue weighted by atomic mass is 10.2. The van der Waals surface area contributed by atoms with Crippen LogP contribution in [0.3, 0.4) is 0 Å². The average Bonchev–Trinajstić information content (AvgIpc) is 3.22. The minimum atomic E-state index is -0.528. The van der Waals surface area contributed by atoms with E-state index in [0.717, 1.165) is 11.8 Å². The van der Waals surface area contributed by atoms with Gasteiger partial charge in [0.1, 0.15) is 0 Å². The molecule has 0 aliphatic carbocycles. The van der Waals surface area contributed by atoms with Gasteiger partial charge < -0.3 is 23.9 Å². The third kappa shape index (κ3) is 5.36. The maximum absolute atomic E-state index is 12.5. The van der Waals surface area contributed by atoms with Gasteiger partial charge in [0, 0.05) is 10.6 Å². The summed E-state index contributed by atoms with van der Waals surface area (Å²) in [5.74, 6) is 1.33. The number of aromatic nitrogens is 2. The first-order chi connectivity index (χ1) is 14.9. The molecule has 1 atom stereocenters. The van der Waals surface area contributed by atoms with Gasteiger partial charge in [0.25, 0.3) is 5.22 Å². The number of amides is 1. The van der Waals surface area contributed by atoms with Gasteiger partial charge in [0.15, 0.2) is 11.5 Å². The van der Waals surface area contributed by atoms with Crippen LogP contribution in [-0.2, 0) is 4.79 Å². The fourth-order valence-corrected chi connectivity index (χ4v) is 3.75. The summed E-state index contributed by atoms with van der Waals surface area (Å²) >= 11 is 13.1. The summed E-state index contributed by atoms with van der Waals surface area (Å²) in [6, 6.07) is 8.22. The Bertz CT molecular complexity index is 1070. The molecule has 3 rings (SSSR count). The SMILES string of the molecule is COc1cc(-c2nnc(SC(C)C(=O)Nc3ccc(Cl)cc3Cl)o2)cc(OC)c1OC. The molecule has 1 unspecified atom stereocenters. The van der Waals surface area contributed by atoms with Gasteiger partial charge in [0.05, 0.1) is 37.3 Å². The van der Waals surface area contributed by atoms with Gasteiger partial charge in [-0.2, -0.15) is 0 Å². The summed E-state index contributed by atoms with van der Waals surface area (Å²) in [5, 5.41) is 11.4. The zero-order valence-corrected chi connectivity index (χ0v) is 19.4. The minimum Gasteiger partial charge on any atom is -0.493 e. The highest BCUT2D eigenvalue weighted by Crippen LogP contribution is 2.41. The van der Waals surface area contributed by atoms with E-state index in [1.807, 2.05) is 0 Å². The monoisotopic (exact) mass is 483 g/mol. The van der Waals surface area contributed by atoms with Gasteiger partial charge in [-0.1, -0.05) is 35.0 Å². The highest BCUT2D eigenvalue weighted by Gasteiger charge is 2.21. The Kier molecular flexibility index (Phi) is 7.53. The molecule has 1 amide bonds. The van der Waals surface area contributed by atoms with Crippen LogP contribution in [0.1, 0.15) is 6.92 Å². The van der Waals surface area contributed by atoms with E-state index in [9.17, 15) is 4.79 Å². The Hall–Kier alpha value is -2.62. The first kappa shape index (κ1) is 23.1. The molecule has 164 valence electrons. The zero-order chi connectivity index (χ0) is 22.5. The van der Waals surface area contributed by atoms with Crippen LogP contribution in [0.4, 0.5) is 5.69 Å². The largest absolute Gasteiger partial charge is 0.493 e. The number of carbonyl (C=O) groups excluding carboxylic acids is 1. The van der Waals surface area contributed by atoms with Gasteiger partial charge >= 0.3 is 0 Å². The van der Waals surface area contributed by atoms with Gasteiger partial charge in [-0.15, -0.1) is 10.2 Å². The predicted molar refractivity (Wildman–Crippen MR) is 120 cm³/mol. The van der Waals surface area contributed by atoms with Crippen LogP contribution in [-0.4, -0.2) is 42.7 Å². The van der Waals surface area contributed by atoms with Gasteiger partial charge in [-0.05, 0) is 37.3 Å². The van der Waals surface area contributed by atoms with Crippen molar-refractivity contribution >= 4 is 46.6 Å². The number of methoxy groups -OCH3 is 3. The highest BCUT2D eigenvalue weighted by molar-refractivity contribution is 8.00. The number of anilines is 1. The molecule has 2 aromatic carbocycles. The molecular formula is C20H19Cl2N3O5S. The van der Waals surface area contributed by atoms with E-state index in [4.69, 9.17) is 41.8 Å². The normalized spacial score (nSPS) is 11.7. The number of nitrogens with one attached hydrogen (secondary N) is 1. The summed E-state index contributed by atoms with van der Waals surface area (Å²) < 4.78 is 21.7. The molecule has 0 radical (unpaired) electrons. The van der Waals surface area contributed by atoms with Crippen molar-refractivity contribution in [2.45, 2.75) is 17.4 Å². The Balaban J connectivity index is 1.74. The van der Waals surface area contributed by atoms with Gasteiger partial charge in [0.2, 0.25) is 17.5 Å². The molecule has 0 aliphatic heterocycles.